The minimum atomic E-state index is -1.77. The number of aliphatic hydroxyl groups is 2. The molecule has 4 aliphatic carbocycles. The highest BCUT2D eigenvalue weighted by molar-refractivity contribution is 5.91. The first kappa shape index (κ1) is 19.3. The SMILES string of the molecule is C[C@H]1C[C@H]2[C@@H]3CCC4=CC(=O)CC[C@]4(C)[C@@]3(F)[C@@H](O)C[C@]2(C)[C@H]1C(=O)CO. The monoisotopic (exact) mass is 378 g/mol. The van der Waals surface area contributed by atoms with Crippen molar-refractivity contribution < 1.29 is 24.2 Å². The number of hydrogen-bond acceptors (Lipinski definition) is 4. The first-order chi connectivity index (χ1) is 12.6. The average molecular weight is 378 g/mol. The molecular formula is C22H31FO4. The van der Waals surface area contributed by atoms with Crippen LogP contribution in [0, 0.1) is 34.5 Å². The number of carbonyl (C=O) groups is 2. The third-order valence-electron chi connectivity index (χ3n) is 8.88. The highest BCUT2D eigenvalue weighted by atomic mass is 19.1. The van der Waals surface area contributed by atoms with Gasteiger partial charge in [-0.15, -0.1) is 0 Å². The van der Waals surface area contributed by atoms with Gasteiger partial charge < -0.3 is 10.2 Å². The molecule has 0 aromatic carbocycles. The Kier molecular flexibility index (Phi) is 4.25. The fourth-order valence-corrected chi connectivity index (χ4v) is 7.72. The number of fused-ring (bicyclic) bond motifs is 5. The number of Topliss-reactive ketones (excluding diaryl/α,β-unsaturated/α-hetero) is 1. The van der Waals surface area contributed by atoms with Crippen LogP contribution < -0.4 is 0 Å². The van der Waals surface area contributed by atoms with E-state index in [2.05, 4.69) is 0 Å². The lowest BCUT2D eigenvalue weighted by molar-refractivity contribution is -0.208. The Morgan fingerprint density at radius 2 is 2.00 bits per heavy atom. The van der Waals surface area contributed by atoms with Gasteiger partial charge in [-0.2, -0.15) is 0 Å². The van der Waals surface area contributed by atoms with E-state index >= 15 is 4.39 Å². The van der Waals surface area contributed by atoms with Crippen LogP contribution in [0.5, 0.6) is 0 Å². The fourth-order valence-electron chi connectivity index (χ4n) is 7.72. The molecule has 0 bridgehead atoms. The van der Waals surface area contributed by atoms with Gasteiger partial charge in [-0.1, -0.05) is 26.3 Å². The molecule has 4 rings (SSSR count). The normalized spacial score (nSPS) is 51.9. The van der Waals surface area contributed by atoms with Crippen LogP contribution >= 0.6 is 0 Å². The van der Waals surface area contributed by atoms with Gasteiger partial charge in [0.05, 0.1) is 6.10 Å². The zero-order valence-corrected chi connectivity index (χ0v) is 16.5. The molecule has 0 radical (unpaired) electrons. The molecule has 0 spiro atoms. The zero-order chi connectivity index (χ0) is 19.8. The first-order valence-corrected chi connectivity index (χ1v) is 10.3. The molecule has 4 aliphatic rings. The van der Waals surface area contributed by atoms with Crippen molar-refractivity contribution in [3.05, 3.63) is 11.6 Å². The molecule has 0 aromatic heterocycles. The van der Waals surface area contributed by atoms with E-state index in [4.69, 9.17) is 0 Å². The van der Waals surface area contributed by atoms with Crippen LogP contribution in [0.25, 0.3) is 0 Å². The van der Waals surface area contributed by atoms with E-state index in [1.165, 1.54) is 0 Å². The lowest BCUT2D eigenvalue weighted by Gasteiger charge is -2.62. The quantitative estimate of drug-likeness (QED) is 0.775. The average Bonchev–Trinajstić information content (AvgIpc) is 2.86. The van der Waals surface area contributed by atoms with Gasteiger partial charge in [0.1, 0.15) is 12.3 Å². The second-order valence-corrected chi connectivity index (χ2v) is 10.0. The second kappa shape index (κ2) is 5.96. The van der Waals surface area contributed by atoms with Crippen LogP contribution in [0.1, 0.15) is 59.3 Å². The Balaban J connectivity index is 1.79. The van der Waals surface area contributed by atoms with Gasteiger partial charge in [0.15, 0.2) is 11.6 Å². The molecule has 3 fully saturated rings. The minimum Gasteiger partial charge on any atom is -0.390 e. The van der Waals surface area contributed by atoms with Crippen molar-refractivity contribution >= 4 is 11.6 Å². The molecule has 0 heterocycles. The summed E-state index contributed by atoms with van der Waals surface area (Å²) >= 11 is 0. The van der Waals surface area contributed by atoms with Crippen molar-refractivity contribution in [2.24, 2.45) is 34.5 Å². The molecule has 0 amide bonds. The van der Waals surface area contributed by atoms with Gasteiger partial charge in [-0.25, -0.2) is 4.39 Å². The maximum atomic E-state index is 16.9. The topological polar surface area (TPSA) is 74.6 Å². The minimum absolute atomic E-state index is 0.0115. The molecule has 5 heteroatoms. The smallest absolute Gasteiger partial charge is 0.162 e. The van der Waals surface area contributed by atoms with E-state index in [9.17, 15) is 19.8 Å². The van der Waals surface area contributed by atoms with Crippen LogP contribution in [0.2, 0.25) is 0 Å². The molecular weight excluding hydrogens is 347 g/mol. The third-order valence-corrected chi connectivity index (χ3v) is 8.88. The molecule has 4 nitrogen and oxygen atoms in total. The molecule has 0 unspecified atom stereocenters. The molecule has 3 saturated carbocycles. The van der Waals surface area contributed by atoms with Crippen molar-refractivity contribution in [2.75, 3.05) is 6.61 Å². The van der Waals surface area contributed by atoms with Crippen molar-refractivity contribution in [3.8, 4) is 0 Å². The van der Waals surface area contributed by atoms with E-state index in [0.717, 1.165) is 12.0 Å². The van der Waals surface area contributed by atoms with E-state index in [1.807, 2.05) is 20.8 Å². The van der Waals surface area contributed by atoms with Gasteiger partial charge in [0, 0.05) is 23.7 Å². The molecule has 0 saturated heterocycles. The summed E-state index contributed by atoms with van der Waals surface area (Å²) in [4.78, 5) is 24.4. The second-order valence-electron chi connectivity index (χ2n) is 10.0. The Morgan fingerprint density at radius 3 is 2.67 bits per heavy atom. The van der Waals surface area contributed by atoms with Crippen molar-refractivity contribution in [1.29, 1.82) is 0 Å². The number of aliphatic hydroxyl groups excluding tert-OH is 2. The summed E-state index contributed by atoms with van der Waals surface area (Å²) in [6, 6.07) is 0. The summed E-state index contributed by atoms with van der Waals surface area (Å²) in [6.45, 7) is 5.42. The Hall–Kier alpha value is -1.07. The van der Waals surface area contributed by atoms with Crippen molar-refractivity contribution in [3.63, 3.8) is 0 Å². The summed E-state index contributed by atoms with van der Waals surface area (Å²) in [6.07, 6.45) is 3.52. The Morgan fingerprint density at radius 1 is 1.30 bits per heavy atom. The molecule has 2 N–H and O–H groups in total. The van der Waals surface area contributed by atoms with Crippen LogP contribution in [0.3, 0.4) is 0 Å². The zero-order valence-electron chi connectivity index (χ0n) is 16.5. The maximum absolute atomic E-state index is 16.9. The number of ketones is 2. The summed E-state index contributed by atoms with van der Waals surface area (Å²) in [5, 5.41) is 20.6. The van der Waals surface area contributed by atoms with Gasteiger partial charge in [0.2, 0.25) is 0 Å². The van der Waals surface area contributed by atoms with Gasteiger partial charge in [-0.3, -0.25) is 9.59 Å². The Labute approximate surface area is 160 Å². The molecule has 27 heavy (non-hydrogen) atoms. The highest BCUT2D eigenvalue weighted by Crippen LogP contribution is 2.70. The third kappa shape index (κ3) is 2.27. The molecule has 150 valence electrons. The van der Waals surface area contributed by atoms with Crippen LogP contribution in [-0.4, -0.2) is 40.2 Å². The number of allylic oxidation sites excluding steroid dienone is 1. The number of alkyl halides is 1. The lowest BCUT2D eigenvalue weighted by Crippen LogP contribution is -2.67. The van der Waals surface area contributed by atoms with E-state index < -0.39 is 29.2 Å². The van der Waals surface area contributed by atoms with Gasteiger partial charge in [0.25, 0.3) is 0 Å². The summed E-state index contributed by atoms with van der Waals surface area (Å²) in [5.74, 6) is -0.686. The van der Waals surface area contributed by atoms with E-state index in [-0.39, 0.29) is 41.7 Å². The van der Waals surface area contributed by atoms with Gasteiger partial charge in [-0.05, 0) is 55.4 Å². The number of halogens is 1. The van der Waals surface area contributed by atoms with E-state index in [1.54, 1.807) is 6.08 Å². The maximum Gasteiger partial charge on any atom is 0.162 e. The first-order valence-electron chi connectivity index (χ1n) is 10.3. The number of carbonyl (C=O) groups excluding carboxylic acids is 2. The fraction of sp³-hybridized carbons (Fsp3) is 0.818. The predicted octanol–water partition coefficient (Wildman–Crippen LogP) is 3.00. The molecule has 0 aliphatic heterocycles. The van der Waals surface area contributed by atoms with Crippen molar-refractivity contribution in [2.45, 2.75) is 71.1 Å². The number of rotatable bonds is 2. The number of hydrogen-bond donors (Lipinski definition) is 2. The summed E-state index contributed by atoms with van der Waals surface area (Å²) < 4.78 is 16.9. The predicted molar refractivity (Wildman–Crippen MR) is 98.6 cm³/mol. The van der Waals surface area contributed by atoms with Crippen LogP contribution in [0.4, 0.5) is 4.39 Å². The highest BCUT2D eigenvalue weighted by Gasteiger charge is 2.71. The summed E-state index contributed by atoms with van der Waals surface area (Å²) in [5.41, 5.74) is -2.21. The molecule has 8 atom stereocenters. The van der Waals surface area contributed by atoms with E-state index in [0.29, 0.717) is 25.7 Å². The van der Waals surface area contributed by atoms with Crippen LogP contribution in [-0.2, 0) is 9.59 Å². The Bertz CT molecular complexity index is 717. The standard InChI is InChI=1S/C22H31FO4/c1-12-8-16-15-5-4-13-9-14(25)6-7-21(13,3)22(15,23)18(27)10-20(16,2)19(12)17(26)11-24/h9,12,15-16,18-19,24,27H,4-8,10-11H2,1-3H3/t12-,15-,16-,18-,19+,20-,21-,22-/m0/s1. The molecule has 0 aromatic rings. The van der Waals surface area contributed by atoms with Crippen LogP contribution in [0.15, 0.2) is 11.6 Å². The lowest BCUT2D eigenvalue weighted by atomic mass is 9.44. The summed E-state index contributed by atoms with van der Waals surface area (Å²) in [7, 11) is 0. The van der Waals surface area contributed by atoms with Gasteiger partial charge >= 0.3 is 0 Å². The van der Waals surface area contributed by atoms with Crippen molar-refractivity contribution in [1.82, 2.24) is 0 Å². The largest absolute Gasteiger partial charge is 0.390 e.